The number of amides is 1. The molecule has 1 amide bonds. The monoisotopic (exact) mass is 285 g/mol. The highest BCUT2D eigenvalue weighted by Gasteiger charge is 2.46. The Balaban J connectivity index is 2.39. The number of nitrogens with zero attached hydrogens (tertiary/aromatic N) is 1. The molecule has 1 aromatic rings. The first-order valence-electron chi connectivity index (χ1n) is 5.87. The molecule has 1 unspecified atom stereocenters. The molecule has 6 heteroatoms. The Hall–Kier alpha value is -1.62. The van der Waals surface area contributed by atoms with Gasteiger partial charge in [0.25, 0.3) is 5.91 Å². The number of carboxylic acid groups (broad SMARTS) is 1. The lowest BCUT2D eigenvalue weighted by Gasteiger charge is -2.31. The van der Waals surface area contributed by atoms with Gasteiger partial charge in [0, 0.05) is 6.54 Å². The van der Waals surface area contributed by atoms with E-state index in [1.54, 1.807) is 0 Å². The van der Waals surface area contributed by atoms with E-state index in [1.807, 2.05) is 0 Å². The number of carbonyl (C=O) groups is 2. The highest BCUT2D eigenvalue weighted by molar-refractivity contribution is 6.34. The fourth-order valence-electron chi connectivity index (χ4n) is 2.33. The average molecular weight is 286 g/mol. The SMILES string of the molecule is CC1(C(=O)O)CCCN1C(=O)c1cccc(F)c1Cl. The minimum absolute atomic E-state index is 0.00367. The summed E-state index contributed by atoms with van der Waals surface area (Å²) in [6.45, 7) is 1.82. The van der Waals surface area contributed by atoms with Crippen LogP contribution in [0.25, 0.3) is 0 Å². The van der Waals surface area contributed by atoms with Gasteiger partial charge in [-0.15, -0.1) is 0 Å². The van der Waals surface area contributed by atoms with Crippen LogP contribution in [-0.2, 0) is 4.79 Å². The van der Waals surface area contributed by atoms with Crippen LogP contribution in [0.3, 0.4) is 0 Å². The van der Waals surface area contributed by atoms with Crippen LogP contribution in [0.4, 0.5) is 4.39 Å². The molecule has 0 spiro atoms. The fraction of sp³-hybridized carbons (Fsp3) is 0.385. The number of halogens is 2. The number of benzene rings is 1. The van der Waals surface area contributed by atoms with Gasteiger partial charge in [-0.1, -0.05) is 17.7 Å². The lowest BCUT2D eigenvalue weighted by Crippen LogP contribution is -2.50. The van der Waals surface area contributed by atoms with Crippen molar-refractivity contribution in [3.8, 4) is 0 Å². The molecule has 0 aliphatic carbocycles. The molecule has 1 saturated heterocycles. The predicted molar refractivity (Wildman–Crippen MR) is 67.7 cm³/mol. The average Bonchev–Trinajstić information content (AvgIpc) is 2.75. The van der Waals surface area contributed by atoms with Crippen molar-refractivity contribution < 1.29 is 19.1 Å². The van der Waals surface area contributed by atoms with Crippen molar-refractivity contribution in [1.82, 2.24) is 4.90 Å². The number of rotatable bonds is 2. The number of likely N-dealkylation sites (tertiary alicyclic amines) is 1. The van der Waals surface area contributed by atoms with Crippen molar-refractivity contribution in [2.24, 2.45) is 0 Å². The summed E-state index contributed by atoms with van der Waals surface area (Å²) in [7, 11) is 0. The van der Waals surface area contributed by atoms with Crippen LogP contribution < -0.4 is 0 Å². The summed E-state index contributed by atoms with van der Waals surface area (Å²) in [6.07, 6.45) is 0.975. The van der Waals surface area contributed by atoms with E-state index in [9.17, 15) is 19.1 Å². The van der Waals surface area contributed by atoms with E-state index in [0.29, 0.717) is 19.4 Å². The molecule has 1 fully saturated rings. The zero-order valence-corrected chi connectivity index (χ0v) is 11.1. The molecular weight excluding hydrogens is 273 g/mol. The van der Waals surface area contributed by atoms with Crippen LogP contribution in [0, 0.1) is 5.82 Å². The maximum Gasteiger partial charge on any atom is 0.329 e. The van der Waals surface area contributed by atoms with Crippen molar-refractivity contribution in [2.75, 3.05) is 6.54 Å². The van der Waals surface area contributed by atoms with E-state index in [1.165, 1.54) is 24.0 Å². The van der Waals surface area contributed by atoms with Gasteiger partial charge in [-0.25, -0.2) is 9.18 Å². The Morgan fingerprint density at radius 1 is 1.47 bits per heavy atom. The molecule has 4 nitrogen and oxygen atoms in total. The number of hydrogen-bond acceptors (Lipinski definition) is 2. The summed E-state index contributed by atoms with van der Waals surface area (Å²) in [5.74, 6) is -2.30. The molecule has 1 heterocycles. The van der Waals surface area contributed by atoms with Gasteiger partial charge in [0.1, 0.15) is 11.4 Å². The van der Waals surface area contributed by atoms with E-state index in [-0.39, 0.29) is 10.6 Å². The Kier molecular flexibility index (Phi) is 3.49. The Morgan fingerprint density at radius 2 is 2.16 bits per heavy atom. The lowest BCUT2D eigenvalue weighted by molar-refractivity contribution is -0.147. The molecule has 19 heavy (non-hydrogen) atoms. The van der Waals surface area contributed by atoms with Crippen LogP contribution in [0.1, 0.15) is 30.1 Å². The van der Waals surface area contributed by atoms with Crippen LogP contribution >= 0.6 is 11.6 Å². The standard InChI is InChI=1S/C13H13ClFNO3/c1-13(12(18)19)6-3-7-16(13)11(17)8-4-2-5-9(15)10(8)14/h2,4-5H,3,6-7H2,1H3,(H,18,19). The second-order valence-electron chi connectivity index (χ2n) is 4.74. The zero-order valence-electron chi connectivity index (χ0n) is 10.3. The topological polar surface area (TPSA) is 57.6 Å². The summed E-state index contributed by atoms with van der Waals surface area (Å²) >= 11 is 5.77. The lowest BCUT2D eigenvalue weighted by atomic mass is 9.98. The van der Waals surface area contributed by atoms with Crippen LogP contribution in [-0.4, -0.2) is 34.0 Å². The number of carboxylic acids is 1. The van der Waals surface area contributed by atoms with Crippen LogP contribution in [0.2, 0.25) is 5.02 Å². The largest absolute Gasteiger partial charge is 0.480 e. The molecule has 1 aliphatic heterocycles. The van der Waals surface area contributed by atoms with E-state index in [2.05, 4.69) is 0 Å². The smallest absolute Gasteiger partial charge is 0.329 e. The van der Waals surface area contributed by atoms with Crippen LogP contribution in [0.5, 0.6) is 0 Å². The Labute approximate surface area is 114 Å². The first-order chi connectivity index (χ1) is 8.88. The third kappa shape index (κ3) is 2.18. The first kappa shape index (κ1) is 13.8. The fourth-order valence-corrected chi connectivity index (χ4v) is 2.53. The molecule has 1 N–H and O–H groups in total. The molecule has 1 aliphatic rings. The molecule has 0 bridgehead atoms. The number of aliphatic carboxylic acids is 1. The van der Waals surface area contributed by atoms with E-state index >= 15 is 0 Å². The normalized spacial score (nSPS) is 22.6. The second kappa shape index (κ2) is 4.81. The van der Waals surface area contributed by atoms with Gasteiger partial charge in [-0.3, -0.25) is 4.79 Å². The third-order valence-corrected chi connectivity index (χ3v) is 3.91. The zero-order chi connectivity index (χ0) is 14.2. The molecule has 102 valence electrons. The van der Waals surface area contributed by atoms with Crippen molar-refractivity contribution in [3.63, 3.8) is 0 Å². The van der Waals surface area contributed by atoms with Gasteiger partial charge in [0.05, 0.1) is 10.6 Å². The van der Waals surface area contributed by atoms with Gasteiger partial charge in [0.2, 0.25) is 0 Å². The van der Waals surface area contributed by atoms with Gasteiger partial charge >= 0.3 is 5.97 Å². The highest BCUT2D eigenvalue weighted by atomic mass is 35.5. The highest BCUT2D eigenvalue weighted by Crippen LogP contribution is 2.32. The maximum atomic E-state index is 13.4. The Bertz CT molecular complexity index is 549. The molecule has 2 rings (SSSR count). The van der Waals surface area contributed by atoms with Gasteiger partial charge in [0.15, 0.2) is 0 Å². The van der Waals surface area contributed by atoms with Gasteiger partial charge in [-0.2, -0.15) is 0 Å². The van der Waals surface area contributed by atoms with Gasteiger partial charge < -0.3 is 10.0 Å². The summed E-state index contributed by atoms with van der Waals surface area (Å²) in [5.41, 5.74) is -1.26. The maximum absolute atomic E-state index is 13.4. The minimum atomic E-state index is -1.26. The first-order valence-corrected chi connectivity index (χ1v) is 6.25. The van der Waals surface area contributed by atoms with Crippen molar-refractivity contribution >= 4 is 23.5 Å². The van der Waals surface area contributed by atoms with Crippen LogP contribution in [0.15, 0.2) is 18.2 Å². The molecular formula is C13H13ClFNO3. The quantitative estimate of drug-likeness (QED) is 0.908. The summed E-state index contributed by atoms with van der Waals surface area (Å²) < 4.78 is 13.4. The van der Waals surface area contributed by atoms with Gasteiger partial charge in [-0.05, 0) is 31.9 Å². The number of hydrogen-bond donors (Lipinski definition) is 1. The van der Waals surface area contributed by atoms with Crippen molar-refractivity contribution in [1.29, 1.82) is 0 Å². The molecule has 1 atom stereocenters. The van der Waals surface area contributed by atoms with E-state index in [4.69, 9.17) is 11.6 Å². The van der Waals surface area contributed by atoms with Crippen molar-refractivity contribution in [2.45, 2.75) is 25.3 Å². The predicted octanol–water partition coefficient (Wildman–Crippen LogP) is 2.56. The minimum Gasteiger partial charge on any atom is -0.480 e. The number of carbonyl (C=O) groups excluding carboxylic acids is 1. The molecule has 0 saturated carbocycles. The molecule has 0 radical (unpaired) electrons. The van der Waals surface area contributed by atoms with E-state index < -0.39 is 23.2 Å². The van der Waals surface area contributed by atoms with E-state index in [0.717, 1.165) is 6.07 Å². The second-order valence-corrected chi connectivity index (χ2v) is 5.12. The summed E-state index contributed by atoms with van der Waals surface area (Å²) in [5, 5.41) is 8.99. The summed E-state index contributed by atoms with van der Waals surface area (Å²) in [4.78, 5) is 24.9. The molecule has 0 aromatic heterocycles. The Morgan fingerprint density at radius 3 is 2.79 bits per heavy atom. The van der Waals surface area contributed by atoms with Crippen molar-refractivity contribution in [3.05, 3.63) is 34.6 Å². The molecule has 1 aromatic carbocycles. The third-order valence-electron chi connectivity index (χ3n) is 3.53. The summed E-state index contributed by atoms with van der Waals surface area (Å²) in [6, 6.07) is 3.93.